The summed E-state index contributed by atoms with van der Waals surface area (Å²) in [6.45, 7) is 8.95. The number of anilines is 2. The van der Waals surface area contributed by atoms with Gasteiger partial charge in [0.05, 0.1) is 6.10 Å². The molecule has 3 nitrogen and oxygen atoms in total. The molecule has 1 rings (SSSR count). The Hall–Kier alpha value is -1.64. The third-order valence-corrected chi connectivity index (χ3v) is 2.12. The summed E-state index contributed by atoms with van der Waals surface area (Å²) in [5.41, 5.74) is 8.82. The van der Waals surface area contributed by atoms with E-state index in [1.807, 2.05) is 32.0 Å². The van der Waals surface area contributed by atoms with Crippen LogP contribution in [0.15, 0.2) is 29.8 Å². The van der Waals surface area contributed by atoms with E-state index in [1.165, 1.54) is 5.57 Å². The average molecular weight is 234 g/mol. The summed E-state index contributed by atoms with van der Waals surface area (Å²) in [6, 6.07) is 5.72. The fourth-order valence-corrected chi connectivity index (χ4v) is 1.44. The molecule has 1 aromatic rings. The Balaban J connectivity index is 2.72. The standard InChI is InChI=1S/C14H22N2O/c1-10(2)5-6-16-13-7-12(15)8-14(9-13)17-11(3)4/h5,7-9,11,16H,6,15H2,1-4H3. The van der Waals surface area contributed by atoms with E-state index in [2.05, 4.69) is 25.2 Å². The average Bonchev–Trinajstić information content (AvgIpc) is 2.14. The van der Waals surface area contributed by atoms with Crippen molar-refractivity contribution in [2.24, 2.45) is 0 Å². The molecule has 0 fully saturated rings. The number of ether oxygens (including phenoxy) is 1. The number of hydrogen-bond acceptors (Lipinski definition) is 3. The Morgan fingerprint density at radius 3 is 2.65 bits per heavy atom. The van der Waals surface area contributed by atoms with E-state index < -0.39 is 0 Å². The predicted octanol–water partition coefficient (Wildman–Crippen LogP) is 3.43. The molecular weight excluding hydrogens is 212 g/mol. The van der Waals surface area contributed by atoms with Crippen molar-refractivity contribution < 1.29 is 4.74 Å². The molecule has 0 saturated carbocycles. The van der Waals surface area contributed by atoms with Crippen molar-refractivity contribution in [3.05, 3.63) is 29.8 Å². The molecule has 0 saturated heterocycles. The van der Waals surface area contributed by atoms with Crippen molar-refractivity contribution in [2.45, 2.75) is 33.8 Å². The van der Waals surface area contributed by atoms with Gasteiger partial charge in [0.1, 0.15) is 5.75 Å². The first kappa shape index (κ1) is 13.4. The molecule has 17 heavy (non-hydrogen) atoms. The highest BCUT2D eigenvalue weighted by Crippen LogP contribution is 2.23. The minimum Gasteiger partial charge on any atom is -0.491 e. The first-order chi connectivity index (χ1) is 7.97. The van der Waals surface area contributed by atoms with Gasteiger partial charge in [0.15, 0.2) is 0 Å². The van der Waals surface area contributed by atoms with Crippen LogP contribution >= 0.6 is 0 Å². The molecule has 0 heterocycles. The van der Waals surface area contributed by atoms with Gasteiger partial charge in [-0.1, -0.05) is 11.6 Å². The summed E-state index contributed by atoms with van der Waals surface area (Å²) >= 11 is 0. The zero-order chi connectivity index (χ0) is 12.8. The predicted molar refractivity (Wildman–Crippen MR) is 74.5 cm³/mol. The SMILES string of the molecule is CC(C)=CCNc1cc(N)cc(OC(C)C)c1. The lowest BCUT2D eigenvalue weighted by Crippen LogP contribution is -2.07. The topological polar surface area (TPSA) is 47.3 Å². The second-order valence-corrected chi connectivity index (χ2v) is 4.62. The summed E-state index contributed by atoms with van der Waals surface area (Å²) in [5.74, 6) is 0.805. The Labute approximate surface area is 104 Å². The van der Waals surface area contributed by atoms with E-state index in [0.717, 1.165) is 18.0 Å². The molecule has 94 valence electrons. The van der Waals surface area contributed by atoms with Gasteiger partial charge in [-0.05, 0) is 33.8 Å². The van der Waals surface area contributed by atoms with Crippen molar-refractivity contribution in [2.75, 3.05) is 17.6 Å². The van der Waals surface area contributed by atoms with Crippen LogP contribution in [0.2, 0.25) is 0 Å². The summed E-state index contributed by atoms with van der Waals surface area (Å²) < 4.78 is 5.63. The van der Waals surface area contributed by atoms with Crippen molar-refractivity contribution in [3.63, 3.8) is 0 Å². The fourth-order valence-electron chi connectivity index (χ4n) is 1.44. The molecule has 0 aliphatic rings. The lowest BCUT2D eigenvalue weighted by molar-refractivity contribution is 0.242. The normalized spacial score (nSPS) is 10.2. The minimum atomic E-state index is 0.155. The van der Waals surface area contributed by atoms with Crippen LogP contribution in [0.3, 0.4) is 0 Å². The van der Waals surface area contributed by atoms with Gasteiger partial charge < -0.3 is 15.8 Å². The number of hydrogen-bond donors (Lipinski definition) is 2. The van der Waals surface area contributed by atoms with Crippen molar-refractivity contribution in [1.82, 2.24) is 0 Å². The summed E-state index contributed by atoms with van der Waals surface area (Å²) in [5, 5.41) is 3.29. The molecule has 0 aliphatic heterocycles. The highest BCUT2D eigenvalue weighted by molar-refractivity contribution is 5.59. The monoisotopic (exact) mass is 234 g/mol. The van der Waals surface area contributed by atoms with Gasteiger partial charge >= 0.3 is 0 Å². The molecule has 3 N–H and O–H groups in total. The van der Waals surface area contributed by atoms with E-state index in [9.17, 15) is 0 Å². The zero-order valence-electron chi connectivity index (χ0n) is 11.1. The lowest BCUT2D eigenvalue weighted by atomic mass is 10.2. The van der Waals surface area contributed by atoms with Crippen LogP contribution in [0.4, 0.5) is 11.4 Å². The molecule has 0 aliphatic carbocycles. The molecule has 0 atom stereocenters. The number of nitrogens with two attached hydrogens (primary N) is 1. The van der Waals surface area contributed by atoms with Crippen molar-refractivity contribution >= 4 is 11.4 Å². The van der Waals surface area contributed by atoms with E-state index in [0.29, 0.717) is 5.69 Å². The van der Waals surface area contributed by atoms with E-state index >= 15 is 0 Å². The number of rotatable bonds is 5. The maximum absolute atomic E-state index is 5.83. The number of allylic oxidation sites excluding steroid dienone is 1. The minimum absolute atomic E-state index is 0.155. The molecule has 0 amide bonds. The third kappa shape index (κ3) is 5.29. The number of nitrogen functional groups attached to an aromatic ring is 1. The third-order valence-electron chi connectivity index (χ3n) is 2.12. The first-order valence-electron chi connectivity index (χ1n) is 5.92. The Bertz CT molecular complexity index is 393. The van der Waals surface area contributed by atoms with Crippen LogP contribution in [0.1, 0.15) is 27.7 Å². The van der Waals surface area contributed by atoms with Crippen LogP contribution in [-0.2, 0) is 0 Å². The van der Waals surface area contributed by atoms with Crippen LogP contribution in [0.25, 0.3) is 0 Å². The molecule has 0 unspecified atom stereocenters. The van der Waals surface area contributed by atoms with Crippen LogP contribution in [0.5, 0.6) is 5.75 Å². The molecule has 0 bridgehead atoms. The Kier molecular flexibility index (Phi) is 4.88. The van der Waals surface area contributed by atoms with Crippen LogP contribution in [-0.4, -0.2) is 12.6 Å². The van der Waals surface area contributed by atoms with E-state index in [4.69, 9.17) is 10.5 Å². The molecule has 0 aromatic heterocycles. The van der Waals surface area contributed by atoms with Gasteiger partial charge in [0, 0.05) is 30.1 Å². The Morgan fingerprint density at radius 1 is 1.35 bits per heavy atom. The second kappa shape index (κ2) is 6.18. The van der Waals surface area contributed by atoms with Crippen molar-refractivity contribution in [1.29, 1.82) is 0 Å². The smallest absolute Gasteiger partial charge is 0.123 e. The molecule has 0 radical (unpaired) electrons. The van der Waals surface area contributed by atoms with Gasteiger partial charge in [-0.15, -0.1) is 0 Å². The maximum atomic E-state index is 5.83. The van der Waals surface area contributed by atoms with Gasteiger partial charge in [-0.3, -0.25) is 0 Å². The summed E-state index contributed by atoms with van der Waals surface area (Å²) in [6.07, 6.45) is 2.29. The van der Waals surface area contributed by atoms with Gasteiger partial charge in [-0.2, -0.15) is 0 Å². The summed E-state index contributed by atoms with van der Waals surface area (Å²) in [4.78, 5) is 0. The van der Waals surface area contributed by atoms with E-state index in [1.54, 1.807) is 0 Å². The molecule has 3 heteroatoms. The van der Waals surface area contributed by atoms with Gasteiger partial charge in [0.2, 0.25) is 0 Å². The van der Waals surface area contributed by atoms with Gasteiger partial charge in [0.25, 0.3) is 0 Å². The van der Waals surface area contributed by atoms with Crippen LogP contribution < -0.4 is 15.8 Å². The number of nitrogens with one attached hydrogen (secondary N) is 1. The quantitative estimate of drug-likeness (QED) is 0.606. The molecule has 1 aromatic carbocycles. The van der Waals surface area contributed by atoms with E-state index in [-0.39, 0.29) is 6.10 Å². The molecular formula is C14H22N2O. The second-order valence-electron chi connectivity index (χ2n) is 4.62. The first-order valence-corrected chi connectivity index (χ1v) is 5.92. The maximum Gasteiger partial charge on any atom is 0.123 e. The Morgan fingerprint density at radius 2 is 2.06 bits per heavy atom. The number of benzene rings is 1. The molecule has 0 spiro atoms. The largest absolute Gasteiger partial charge is 0.491 e. The highest BCUT2D eigenvalue weighted by atomic mass is 16.5. The zero-order valence-corrected chi connectivity index (χ0v) is 11.1. The van der Waals surface area contributed by atoms with Gasteiger partial charge in [-0.25, -0.2) is 0 Å². The fraction of sp³-hybridized carbons (Fsp3) is 0.429. The van der Waals surface area contributed by atoms with Crippen LogP contribution in [0, 0.1) is 0 Å². The lowest BCUT2D eigenvalue weighted by Gasteiger charge is -2.12. The van der Waals surface area contributed by atoms with Crippen molar-refractivity contribution in [3.8, 4) is 5.75 Å². The summed E-state index contributed by atoms with van der Waals surface area (Å²) in [7, 11) is 0. The highest BCUT2D eigenvalue weighted by Gasteiger charge is 2.01.